The highest BCUT2D eigenvalue weighted by atomic mass is 35.5. The van der Waals surface area contributed by atoms with Gasteiger partial charge in [0.2, 0.25) is 5.91 Å². The van der Waals surface area contributed by atoms with Crippen LogP contribution in [0.5, 0.6) is 0 Å². The number of nitrogens with zero attached hydrogens (tertiary/aromatic N) is 3. The summed E-state index contributed by atoms with van der Waals surface area (Å²) in [6.07, 6.45) is 6.35. The SMILES string of the molecule is CN(C(=O)CSCc1cc(=O)n2ccsc2n1)C1CC2CCC(C1)N2.Cl. The van der Waals surface area contributed by atoms with Crippen molar-refractivity contribution >= 4 is 46.4 Å². The molecular formula is C17H23ClN4O2S2. The van der Waals surface area contributed by atoms with Gasteiger partial charge in [0.15, 0.2) is 4.96 Å². The summed E-state index contributed by atoms with van der Waals surface area (Å²) in [7, 11) is 1.93. The lowest BCUT2D eigenvalue weighted by Gasteiger charge is -2.35. The van der Waals surface area contributed by atoms with Gasteiger partial charge in [-0.25, -0.2) is 4.98 Å². The summed E-state index contributed by atoms with van der Waals surface area (Å²) in [5.41, 5.74) is 0.684. The normalized spacial score (nSPS) is 24.4. The number of halogens is 1. The Hall–Kier alpha value is -1.09. The second-order valence-electron chi connectivity index (χ2n) is 6.90. The molecule has 2 fully saturated rings. The fraction of sp³-hybridized carbons (Fsp3) is 0.588. The summed E-state index contributed by atoms with van der Waals surface area (Å²) in [5.74, 6) is 1.19. The number of thiazole rings is 1. The molecule has 2 unspecified atom stereocenters. The third-order valence-corrected chi connectivity index (χ3v) is 6.93. The van der Waals surface area contributed by atoms with Crippen LogP contribution in [0, 0.1) is 0 Å². The third-order valence-electron chi connectivity index (χ3n) is 5.22. The van der Waals surface area contributed by atoms with Gasteiger partial charge in [-0.05, 0) is 25.7 Å². The third kappa shape index (κ3) is 4.08. The fourth-order valence-corrected chi connectivity index (χ4v) is 5.43. The van der Waals surface area contributed by atoms with Gasteiger partial charge in [0, 0.05) is 48.6 Å². The van der Waals surface area contributed by atoms with Crippen molar-refractivity contribution in [3.63, 3.8) is 0 Å². The molecule has 142 valence electrons. The number of hydrogen-bond acceptors (Lipinski definition) is 6. The minimum absolute atomic E-state index is 0. The molecule has 2 aliphatic rings. The number of fused-ring (bicyclic) bond motifs is 3. The van der Waals surface area contributed by atoms with Gasteiger partial charge in [0.25, 0.3) is 5.56 Å². The lowest BCUT2D eigenvalue weighted by Crippen LogP contribution is -2.49. The van der Waals surface area contributed by atoms with E-state index >= 15 is 0 Å². The van der Waals surface area contributed by atoms with Crippen molar-refractivity contribution in [2.45, 2.75) is 49.6 Å². The van der Waals surface area contributed by atoms with Crippen molar-refractivity contribution in [2.24, 2.45) is 0 Å². The van der Waals surface area contributed by atoms with Crippen LogP contribution in [0.15, 0.2) is 22.4 Å². The highest BCUT2D eigenvalue weighted by Gasteiger charge is 2.36. The monoisotopic (exact) mass is 414 g/mol. The zero-order chi connectivity index (χ0) is 17.4. The van der Waals surface area contributed by atoms with E-state index in [-0.39, 0.29) is 23.9 Å². The zero-order valence-corrected chi connectivity index (χ0v) is 17.0. The Morgan fingerprint density at radius 2 is 2.15 bits per heavy atom. The first-order valence-electron chi connectivity index (χ1n) is 8.65. The number of aromatic nitrogens is 2. The summed E-state index contributed by atoms with van der Waals surface area (Å²) >= 11 is 2.98. The van der Waals surface area contributed by atoms with Crippen LogP contribution in [0.1, 0.15) is 31.4 Å². The molecule has 4 heterocycles. The van der Waals surface area contributed by atoms with Crippen molar-refractivity contribution in [3.05, 3.63) is 33.7 Å². The summed E-state index contributed by atoms with van der Waals surface area (Å²) in [6, 6.07) is 3.09. The van der Waals surface area contributed by atoms with Gasteiger partial charge < -0.3 is 10.2 Å². The molecule has 2 aliphatic heterocycles. The predicted molar refractivity (Wildman–Crippen MR) is 108 cm³/mol. The summed E-state index contributed by atoms with van der Waals surface area (Å²) in [5, 5.41) is 5.47. The molecule has 0 saturated carbocycles. The van der Waals surface area contributed by atoms with Gasteiger partial charge in [-0.1, -0.05) is 0 Å². The standard InChI is InChI=1S/C17H22N4O2S2.ClH/c1-20(14-6-11-2-3-12(7-14)18-11)16(23)10-24-9-13-8-15(22)21-4-5-25-17(21)19-13;/h4-5,8,11-12,14,18H,2-3,6-7,9-10H2,1H3;1H. The van der Waals surface area contributed by atoms with Crippen LogP contribution in [0.3, 0.4) is 0 Å². The molecule has 0 spiro atoms. The maximum Gasteiger partial charge on any atom is 0.258 e. The van der Waals surface area contributed by atoms with E-state index in [2.05, 4.69) is 10.3 Å². The van der Waals surface area contributed by atoms with E-state index in [0.29, 0.717) is 34.6 Å². The lowest BCUT2D eigenvalue weighted by atomic mass is 9.98. The van der Waals surface area contributed by atoms with Crippen LogP contribution in [-0.4, -0.2) is 51.1 Å². The molecule has 2 saturated heterocycles. The summed E-state index contributed by atoms with van der Waals surface area (Å²) in [6.45, 7) is 0. The lowest BCUT2D eigenvalue weighted by molar-refractivity contribution is -0.129. The Morgan fingerprint density at radius 3 is 2.88 bits per heavy atom. The van der Waals surface area contributed by atoms with Gasteiger partial charge in [-0.15, -0.1) is 35.5 Å². The Kier molecular flexibility index (Phi) is 6.27. The van der Waals surface area contributed by atoms with Crippen molar-refractivity contribution in [1.82, 2.24) is 19.6 Å². The number of piperidine rings is 1. The molecule has 1 N–H and O–H groups in total. The average molecular weight is 415 g/mol. The average Bonchev–Trinajstić information content (AvgIpc) is 3.20. The number of carbonyl (C=O) groups is 1. The van der Waals surface area contributed by atoms with Crippen LogP contribution in [-0.2, 0) is 10.5 Å². The van der Waals surface area contributed by atoms with Gasteiger partial charge in [-0.2, -0.15) is 0 Å². The van der Waals surface area contributed by atoms with Crippen molar-refractivity contribution < 1.29 is 4.79 Å². The molecule has 26 heavy (non-hydrogen) atoms. The molecular weight excluding hydrogens is 392 g/mol. The van der Waals surface area contributed by atoms with E-state index in [1.807, 2.05) is 17.3 Å². The van der Waals surface area contributed by atoms with Gasteiger partial charge in [0.05, 0.1) is 11.4 Å². The Morgan fingerprint density at radius 1 is 1.42 bits per heavy atom. The summed E-state index contributed by atoms with van der Waals surface area (Å²) in [4.78, 5) is 31.6. The number of hydrogen-bond donors (Lipinski definition) is 1. The first kappa shape index (κ1) is 19.7. The molecule has 0 aromatic carbocycles. The maximum atomic E-state index is 12.5. The molecule has 2 atom stereocenters. The number of thioether (sulfide) groups is 1. The largest absolute Gasteiger partial charge is 0.342 e. The van der Waals surface area contributed by atoms with Crippen LogP contribution >= 0.6 is 35.5 Å². The quantitative estimate of drug-likeness (QED) is 0.812. The summed E-state index contributed by atoms with van der Waals surface area (Å²) < 4.78 is 1.54. The number of rotatable bonds is 5. The molecule has 6 nitrogen and oxygen atoms in total. The first-order valence-corrected chi connectivity index (χ1v) is 10.7. The van der Waals surface area contributed by atoms with Gasteiger partial charge in [0.1, 0.15) is 0 Å². The molecule has 1 amide bonds. The van der Waals surface area contributed by atoms with Crippen LogP contribution in [0.2, 0.25) is 0 Å². The van der Waals surface area contributed by atoms with Crippen LogP contribution in [0.25, 0.3) is 4.96 Å². The first-order chi connectivity index (χ1) is 12.1. The highest BCUT2D eigenvalue weighted by Crippen LogP contribution is 2.29. The Labute approximate surface area is 166 Å². The molecule has 2 aromatic heterocycles. The van der Waals surface area contributed by atoms with Crippen molar-refractivity contribution in [2.75, 3.05) is 12.8 Å². The fourth-order valence-electron chi connectivity index (χ4n) is 3.85. The van der Waals surface area contributed by atoms with Gasteiger partial charge in [-0.3, -0.25) is 14.0 Å². The van der Waals surface area contributed by atoms with Crippen LogP contribution in [0.4, 0.5) is 0 Å². The predicted octanol–water partition coefficient (Wildman–Crippen LogP) is 2.15. The van der Waals surface area contributed by atoms with E-state index < -0.39 is 0 Å². The maximum absolute atomic E-state index is 12.5. The minimum Gasteiger partial charge on any atom is -0.342 e. The second kappa shape index (κ2) is 8.29. The topological polar surface area (TPSA) is 66.7 Å². The van der Waals surface area contributed by atoms with E-state index in [9.17, 15) is 9.59 Å². The van der Waals surface area contributed by atoms with E-state index in [1.165, 1.54) is 35.9 Å². The Bertz CT molecular complexity index is 828. The van der Waals surface area contributed by atoms with E-state index in [1.54, 1.807) is 16.7 Å². The molecule has 9 heteroatoms. The molecule has 2 aromatic rings. The number of carbonyl (C=O) groups excluding carboxylic acids is 1. The van der Waals surface area contributed by atoms with Crippen LogP contribution < -0.4 is 10.9 Å². The van der Waals surface area contributed by atoms with Gasteiger partial charge >= 0.3 is 0 Å². The number of nitrogens with one attached hydrogen (secondary N) is 1. The Balaban J connectivity index is 0.00000196. The van der Waals surface area contributed by atoms with E-state index in [4.69, 9.17) is 0 Å². The molecule has 0 aliphatic carbocycles. The molecule has 0 radical (unpaired) electrons. The van der Waals surface area contributed by atoms with Crippen molar-refractivity contribution in [1.29, 1.82) is 0 Å². The second-order valence-corrected chi connectivity index (χ2v) is 8.76. The number of amides is 1. The molecule has 4 rings (SSSR count). The zero-order valence-electron chi connectivity index (χ0n) is 14.6. The highest BCUT2D eigenvalue weighted by molar-refractivity contribution is 7.99. The van der Waals surface area contributed by atoms with E-state index in [0.717, 1.165) is 18.5 Å². The van der Waals surface area contributed by atoms with Crippen molar-refractivity contribution in [3.8, 4) is 0 Å². The molecule has 2 bridgehead atoms. The smallest absolute Gasteiger partial charge is 0.258 e. The minimum atomic E-state index is -0.0597.